The van der Waals surface area contributed by atoms with Crippen molar-refractivity contribution in [1.82, 2.24) is 5.32 Å². The van der Waals surface area contributed by atoms with Gasteiger partial charge in [-0.1, -0.05) is 18.2 Å². The number of hydrogen-bond donors (Lipinski definition) is 1. The maximum Gasteiger partial charge on any atom is 0.161 e. The Morgan fingerprint density at radius 2 is 2.00 bits per heavy atom. The van der Waals surface area contributed by atoms with Crippen LogP contribution in [0.4, 0.5) is 0 Å². The largest absolute Gasteiger partial charge is 0.486 e. The van der Waals surface area contributed by atoms with E-state index in [0.717, 1.165) is 22.6 Å². The van der Waals surface area contributed by atoms with Crippen LogP contribution in [0.2, 0.25) is 0 Å². The van der Waals surface area contributed by atoms with Crippen molar-refractivity contribution < 1.29 is 9.47 Å². The first kappa shape index (κ1) is 11.0. The molecule has 86 valence electrons. The molecule has 0 saturated heterocycles. The molecule has 0 amide bonds. The van der Waals surface area contributed by atoms with E-state index in [1.165, 1.54) is 0 Å². The van der Waals surface area contributed by atoms with Crippen molar-refractivity contribution >= 4 is 0 Å². The van der Waals surface area contributed by atoms with Gasteiger partial charge in [0.1, 0.15) is 13.2 Å². The summed E-state index contributed by atoms with van der Waals surface area (Å²) in [4.78, 5) is 0. The molecule has 0 saturated carbocycles. The van der Waals surface area contributed by atoms with Crippen LogP contribution < -0.4 is 14.8 Å². The highest BCUT2D eigenvalue weighted by Crippen LogP contribution is 2.33. The van der Waals surface area contributed by atoms with Gasteiger partial charge >= 0.3 is 0 Å². The van der Waals surface area contributed by atoms with Gasteiger partial charge in [0.05, 0.1) is 6.04 Å². The zero-order chi connectivity index (χ0) is 11.5. The number of nitrogens with one attached hydrogen (secondary N) is 1. The smallest absolute Gasteiger partial charge is 0.161 e. The molecule has 0 spiro atoms. The summed E-state index contributed by atoms with van der Waals surface area (Å²) in [5, 5.41) is 3.23. The van der Waals surface area contributed by atoms with E-state index in [4.69, 9.17) is 9.47 Å². The van der Waals surface area contributed by atoms with Crippen LogP contribution in [0.5, 0.6) is 11.5 Å². The van der Waals surface area contributed by atoms with Crippen LogP contribution >= 0.6 is 0 Å². The monoisotopic (exact) mass is 219 g/mol. The fraction of sp³-hybridized carbons (Fsp3) is 0.385. The first-order valence-corrected chi connectivity index (χ1v) is 5.44. The second kappa shape index (κ2) is 4.58. The number of rotatable bonds is 3. The maximum atomic E-state index is 5.56. The van der Waals surface area contributed by atoms with Crippen molar-refractivity contribution in [3.63, 3.8) is 0 Å². The van der Waals surface area contributed by atoms with E-state index in [1.807, 2.05) is 32.2 Å². The molecule has 1 heterocycles. The van der Waals surface area contributed by atoms with Crippen LogP contribution in [-0.2, 0) is 0 Å². The molecular weight excluding hydrogens is 202 g/mol. The summed E-state index contributed by atoms with van der Waals surface area (Å²) < 4.78 is 11.0. The van der Waals surface area contributed by atoms with Crippen molar-refractivity contribution in [3.8, 4) is 11.5 Å². The summed E-state index contributed by atoms with van der Waals surface area (Å²) in [5.74, 6) is 1.65. The van der Waals surface area contributed by atoms with Crippen molar-refractivity contribution in [2.75, 3.05) is 20.3 Å². The molecule has 0 bridgehead atoms. The normalized spacial score (nSPS) is 15.6. The standard InChI is InChI=1S/C13H17NO2/c1-9(2)13(14-3)10-4-5-11-12(8-10)16-7-6-15-11/h4-5,8,13-14H,1,6-7H2,2-3H3. The highest BCUT2D eigenvalue weighted by molar-refractivity contribution is 5.45. The lowest BCUT2D eigenvalue weighted by atomic mass is 10.0. The molecule has 1 aromatic rings. The Balaban J connectivity index is 2.32. The lowest BCUT2D eigenvalue weighted by molar-refractivity contribution is 0.171. The third kappa shape index (κ3) is 2.04. The number of hydrogen-bond acceptors (Lipinski definition) is 3. The molecule has 0 aromatic heterocycles. The first-order valence-electron chi connectivity index (χ1n) is 5.44. The fourth-order valence-corrected chi connectivity index (χ4v) is 1.94. The highest BCUT2D eigenvalue weighted by Gasteiger charge is 2.16. The van der Waals surface area contributed by atoms with Crippen LogP contribution in [-0.4, -0.2) is 20.3 Å². The van der Waals surface area contributed by atoms with Gasteiger partial charge in [0, 0.05) is 0 Å². The van der Waals surface area contributed by atoms with Crippen molar-refractivity contribution in [3.05, 3.63) is 35.9 Å². The predicted molar refractivity (Wildman–Crippen MR) is 64.0 cm³/mol. The Hall–Kier alpha value is -1.48. The Labute approximate surface area is 96.1 Å². The quantitative estimate of drug-likeness (QED) is 0.791. The first-order chi connectivity index (χ1) is 7.72. The third-order valence-corrected chi connectivity index (χ3v) is 2.68. The number of fused-ring (bicyclic) bond motifs is 1. The molecule has 0 fully saturated rings. The lowest BCUT2D eigenvalue weighted by Gasteiger charge is -2.22. The zero-order valence-corrected chi connectivity index (χ0v) is 9.75. The van der Waals surface area contributed by atoms with Gasteiger partial charge in [0.15, 0.2) is 11.5 Å². The number of benzene rings is 1. The third-order valence-electron chi connectivity index (χ3n) is 2.68. The molecule has 2 rings (SSSR count). The lowest BCUT2D eigenvalue weighted by Crippen LogP contribution is -2.19. The summed E-state index contributed by atoms with van der Waals surface area (Å²) in [5.41, 5.74) is 2.23. The molecule has 0 aliphatic carbocycles. The molecule has 1 aliphatic rings. The van der Waals surface area contributed by atoms with Gasteiger partial charge in [-0.15, -0.1) is 0 Å². The van der Waals surface area contributed by atoms with Gasteiger partial charge in [-0.25, -0.2) is 0 Å². The van der Waals surface area contributed by atoms with Crippen molar-refractivity contribution in [2.45, 2.75) is 13.0 Å². The minimum absolute atomic E-state index is 0.163. The van der Waals surface area contributed by atoms with Crippen LogP contribution in [0.15, 0.2) is 30.4 Å². The van der Waals surface area contributed by atoms with E-state index < -0.39 is 0 Å². The van der Waals surface area contributed by atoms with Crippen LogP contribution in [0.3, 0.4) is 0 Å². The molecular formula is C13H17NO2. The average Bonchev–Trinajstić information content (AvgIpc) is 2.29. The molecule has 16 heavy (non-hydrogen) atoms. The van der Waals surface area contributed by atoms with Gasteiger partial charge in [0.25, 0.3) is 0 Å². The van der Waals surface area contributed by atoms with E-state index in [9.17, 15) is 0 Å². The SMILES string of the molecule is C=C(C)C(NC)c1ccc2c(c1)OCCO2. The zero-order valence-electron chi connectivity index (χ0n) is 9.75. The van der Waals surface area contributed by atoms with E-state index >= 15 is 0 Å². The summed E-state index contributed by atoms with van der Waals surface area (Å²) >= 11 is 0. The van der Waals surface area contributed by atoms with Crippen LogP contribution in [0.1, 0.15) is 18.5 Å². The van der Waals surface area contributed by atoms with Gasteiger partial charge in [-0.3, -0.25) is 0 Å². The molecule has 3 nitrogen and oxygen atoms in total. The summed E-state index contributed by atoms with van der Waals surface area (Å²) in [6.07, 6.45) is 0. The minimum Gasteiger partial charge on any atom is -0.486 e. The van der Waals surface area contributed by atoms with E-state index in [1.54, 1.807) is 0 Å². The maximum absolute atomic E-state index is 5.56. The summed E-state index contributed by atoms with van der Waals surface area (Å²) in [7, 11) is 1.93. The van der Waals surface area contributed by atoms with E-state index in [0.29, 0.717) is 13.2 Å². The minimum atomic E-state index is 0.163. The summed E-state index contributed by atoms with van der Waals surface area (Å²) in [6.45, 7) is 7.24. The van der Waals surface area contributed by atoms with E-state index in [2.05, 4.69) is 11.9 Å². The molecule has 1 aliphatic heterocycles. The van der Waals surface area contributed by atoms with Crippen LogP contribution in [0.25, 0.3) is 0 Å². The highest BCUT2D eigenvalue weighted by atomic mass is 16.6. The average molecular weight is 219 g/mol. The molecule has 1 atom stereocenters. The molecule has 0 radical (unpaired) electrons. The molecule has 3 heteroatoms. The fourth-order valence-electron chi connectivity index (χ4n) is 1.94. The Morgan fingerprint density at radius 3 is 2.62 bits per heavy atom. The van der Waals surface area contributed by atoms with E-state index in [-0.39, 0.29) is 6.04 Å². The molecule has 1 N–H and O–H groups in total. The van der Waals surface area contributed by atoms with Crippen molar-refractivity contribution in [1.29, 1.82) is 0 Å². The van der Waals surface area contributed by atoms with Gasteiger partial charge in [-0.05, 0) is 31.7 Å². The van der Waals surface area contributed by atoms with Crippen LogP contribution in [0, 0.1) is 0 Å². The second-order valence-electron chi connectivity index (χ2n) is 3.97. The molecule has 1 unspecified atom stereocenters. The Kier molecular flexibility index (Phi) is 3.15. The van der Waals surface area contributed by atoms with Crippen molar-refractivity contribution in [2.24, 2.45) is 0 Å². The number of ether oxygens (including phenoxy) is 2. The number of likely N-dealkylation sites (N-methyl/N-ethyl adjacent to an activating group) is 1. The topological polar surface area (TPSA) is 30.5 Å². The predicted octanol–water partition coefficient (Wildman–Crippen LogP) is 2.29. The second-order valence-corrected chi connectivity index (χ2v) is 3.97. The van der Waals surface area contributed by atoms with Gasteiger partial charge in [-0.2, -0.15) is 0 Å². The Morgan fingerprint density at radius 1 is 1.31 bits per heavy atom. The van der Waals surface area contributed by atoms with Gasteiger partial charge in [0.2, 0.25) is 0 Å². The molecule has 1 aromatic carbocycles. The van der Waals surface area contributed by atoms with Gasteiger partial charge < -0.3 is 14.8 Å². The summed E-state index contributed by atoms with van der Waals surface area (Å²) in [6, 6.07) is 6.18. The Bertz CT molecular complexity index is 401.